The Kier molecular flexibility index (Phi) is 6.57. The number of nitrogens with zero attached hydrogens (tertiary/aromatic N) is 6. The van der Waals surface area contributed by atoms with Crippen molar-refractivity contribution in [2.24, 2.45) is 0 Å². The molecule has 4 saturated heterocycles. The van der Waals surface area contributed by atoms with Crippen LogP contribution in [0.3, 0.4) is 0 Å². The summed E-state index contributed by atoms with van der Waals surface area (Å²) < 4.78 is 52.3. The fraction of sp³-hybridized carbons (Fsp3) is 0.467. The fourth-order valence-electron chi connectivity index (χ4n) is 7.68. The standard InChI is InChI=1S/C30H28ClF3N8OS/c31-26-21-24(22(34)23(38-26)17-4-5-19(33)25-20(17)18(9-35)27(36)44-25)39-29(40-28(21)41-11-15-2-3-16(12-41)37-15)43-13-30-6-1-7-42(30)10-14(32)8-30/h4-5,14-16,37H,1-3,6-8,10-13,36H2/t14-,15-,16+,30+/m1/s1. The van der Waals surface area contributed by atoms with Gasteiger partial charge in [-0.25, -0.2) is 18.2 Å². The largest absolute Gasteiger partial charge is 0.461 e. The van der Waals surface area contributed by atoms with Crippen LogP contribution in [0.2, 0.25) is 5.15 Å². The Hall–Kier alpha value is -3.44. The number of anilines is 2. The van der Waals surface area contributed by atoms with E-state index >= 15 is 4.39 Å². The number of aromatic nitrogens is 3. The van der Waals surface area contributed by atoms with Crippen molar-refractivity contribution in [1.29, 1.82) is 5.26 Å². The first-order valence-electron chi connectivity index (χ1n) is 14.8. The number of rotatable bonds is 5. The van der Waals surface area contributed by atoms with Gasteiger partial charge in [0.05, 0.1) is 21.2 Å². The molecule has 0 saturated carbocycles. The zero-order valence-corrected chi connectivity index (χ0v) is 25.1. The summed E-state index contributed by atoms with van der Waals surface area (Å²) in [7, 11) is 0. The van der Waals surface area contributed by atoms with Crippen LogP contribution in [-0.2, 0) is 0 Å². The molecule has 3 N–H and O–H groups in total. The van der Waals surface area contributed by atoms with Gasteiger partial charge < -0.3 is 20.7 Å². The van der Waals surface area contributed by atoms with Gasteiger partial charge in [0.25, 0.3) is 0 Å². The molecule has 0 radical (unpaired) electrons. The van der Waals surface area contributed by atoms with Crippen LogP contribution in [0.4, 0.5) is 24.0 Å². The fourth-order valence-corrected chi connectivity index (χ4v) is 8.89. The quantitative estimate of drug-likeness (QED) is 0.284. The smallest absolute Gasteiger partial charge is 0.319 e. The second-order valence-electron chi connectivity index (χ2n) is 12.3. The molecule has 228 valence electrons. The number of pyridine rings is 1. The monoisotopic (exact) mass is 640 g/mol. The van der Waals surface area contributed by atoms with Gasteiger partial charge in [0.2, 0.25) is 0 Å². The summed E-state index contributed by atoms with van der Waals surface area (Å²) in [6.45, 7) is 2.64. The van der Waals surface area contributed by atoms with Crippen molar-refractivity contribution in [3.63, 3.8) is 0 Å². The molecule has 0 aliphatic carbocycles. The van der Waals surface area contributed by atoms with Gasteiger partial charge in [0, 0.05) is 49.1 Å². The predicted octanol–water partition coefficient (Wildman–Crippen LogP) is 5.19. The maximum atomic E-state index is 16.7. The molecule has 4 aliphatic rings. The number of benzene rings is 1. The number of thiophene rings is 1. The summed E-state index contributed by atoms with van der Waals surface area (Å²) in [5.74, 6) is -0.961. The Morgan fingerprint density at radius 3 is 2.73 bits per heavy atom. The van der Waals surface area contributed by atoms with Gasteiger partial charge in [-0.3, -0.25) is 4.90 Å². The highest BCUT2D eigenvalue weighted by atomic mass is 35.5. The molecule has 3 aromatic heterocycles. The molecule has 0 amide bonds. The number of ether oxygens (including phenoxy) is 1. The number of hydrogen-bond donors (Lipinski definition) is 2. The lowest BCUT2D eigenvalue weighted by Crippen LogP contribution is -2.51. The molecule has 2 bridgehead atoms. The summed E-state index contributed by atoms with van der Waals surface area (Å²) in [5, 5.41) is 13.9. The van der Waals surface area contributed by atoms with Gasteiger partial charge in [0.1, 0.15) is 51.8 Å². The number of nitrogen functional groups attached to an aromatic ring is 1. The SMILES string of the molecule is N#Cc1c(N)sc2c(F)ccc(-c3nc(Cl)c4c(N5C[C@H]6CC[C@@H](C5)N6)nc(OC[C@@]56CCCN5C[C@H](F)C6)nc4c3F)c12. The lowest BCUT2D eigenvalue weighted by Gasteiger charge is -2.34. The van der Waals surface area contributed by atoms with Crippen LogP contribution in [0.25, 0.3) is 32.2 Å². The van der Waals surface area contributed by atoms with Crippen LogP contribution in [-0.4, -0.2) is 76.4 Å². The van der Waals surface area contributed by atoms with E-state index in [0.29, 0.717) is 31.9 Å². The number of nitrogens with one attached hydrogen (secondary N) is 1. The van der Waals surface area contributed by atoms with Crippen molar-refractivity contribution in [1.82, 2.24) is 25.2 Å². The van der Waals surface area contributed by atoms with Gasteiger partial charge in [-0.05, 0) is 44.4 Å². The molecule has 1 aromatic carbocycles. The normalized spacial score (nSPS) is 26.5. The summed E-state index contributed by atoms with van der Waals surface area (Å²) in [6.07, 6.45) is 3.24. The number of nitrogens with two attached hydrogens (primary N) is 1. The lowest BCUT2D eigenvalue weighted by molar-refractivity contribution is 0.107. The molecule has 4 atom stereocenters. The minimum Gasteiger partial charge on any atom is -0.461 e. The van der Waals surface area contributed by atoms with Gasteiger partial charge in [-0.15, -0.1) is 11.3 Å². The van der Waals surface area contributed by atoms with Gasteiger partial charge >= 0.3 is 6.01 Å². The topological polar surface area (TPSA) is 116 Å². The molecule has 4 fully saturated rings. The van der Waals surface area contributed by atoms with Crippen molar-refractivity contribution in [3.05, 3.63) is 34.5 Å². The molecule has 8 rings (SSSR count). The summed E-state index contributed by atoms with van der Waals surface area (Å²) >= 11 is 7.75. The third-order valence-corrected chi connectivity index (χ3v) is 10.9. The first kappa shape index (κ1) is 28.1. The maximum Gasteiger partial charge on any atom is 0.319 e. The first-order chi connectivity index (χ1) is 21.2. The highest BCUT2D eigenvalue weighted by Crippen LogP contribution is 2.44. The van der Waals surface area contributed by atoms with E-state index in [1.165, 1.54) is 12.1 Å². The predicted molar refractivity (Wildman–Crippen MR) is 163 cm³/mol. The van der Waals surface area contributed by atoms with E-state index in [2.05, 4.69) is 25.1 Å². The third-order valence-electron chi connectivity index (χ3n) is 9.63. The van der Waals surface area contributed by atoms with Crippen LogP contribution >= 0.6 is 22.9 Å². The summed E-state index contributed by atoms with van der Waals surface area (Å²) in [6, 6.07) is 5.05. The van der Waals surface area contributed by atoms with Crippen molar-refractivity contribution >= 4 is 54.7 Å². The molecule has 4 aromatic rings. The Morgan fingerprint density at radius 1 is 1.16 bits per heavy atom. The van der Waals surface area contributed by atoms with E-state index in [1.807, 2.05) is 6.07 Å². The van der Waals surface area contributed by atoms with E-state index in [-0.39, 0.29) is 72.7 Å². The first-order valence-corrected chi connectivity index (χ1v) is 15.9. The number of fused-ring (bicyclic) bond motifs is 5. The molecule has 0 unspecified atom stereocenters. The molecule has 7 heterocycles. The van der Waals surface area contributed by atoms with E-state index in [4.69, 9.17) is 27.1 Å². The van der Waals surface area contributed by atoms with E-state index in [1.54, 1.807) is 0 Å². The van der Waals surface area contributed by atoms with Crippen molar-refractivity contribution in [2.45, 2.75) is 55.9 Å². The Bertz CT molecular complexity index is 1870. The molecule has 0 spiro atoms. The van der Waals surface area contributed by atoms with Crippen molar-refractivity contribution in [2.75, 3.05) is 43.4 Å². The molecule has 14 heteroatoms. The second kappa shape index (κ2) is 10.3. The number of halogens is 4. The minimum atomic E-state index is -0.926. The van der Waals surface area contributed by atoms with E-state index in [9.17, 15) is 14.0 Å². The highest BCUT2D eigenvalue weighted by molar-refractivity contribution is 7.23. The zero-order valence-electron chi connectivity index (χ0n) is 23.5. The van der Waals surface area contributed by atoms with Crippen LogP contribution in [0, 0.1) is 23.0 Å². The second-order valence-corrected chi connectivity index (χ2v) is 13.7. The number of alkyl halides is 1. The third kappa shape index (κ3) is 4.29. The minimum absolute atomic E-state index is 0.0281. The molecule has 9 nitrogen and oxygen atoms in total. The average molecular weight is 641 g/mol. The maximum absolute atomic E-state index is 16.7. The van der Waals surface area contributed by atoms with Gasteiger partial charge in [-0.2, -0.15) is 15.2 Å². The number of piperazine rings is 1. The highest BCUT2D eigenvalue weighted by Gasteiger charge is 2.49. The van der Waals surface area contributed by atoms with E-state index in [0.717, 1.165) is 43.6 Å². The summed E-state index contributed by atoms with van der Waals surface area (Å²) in [5.41, 5.74) is 5.53. The average Bonchev–Trinajstić information content (AvgIpc) is 3.74. The Balaban J connectivity index is 1.29. The number of hydrogen-bond acceptors (Lipinski definition) is 10. The molecular formula is C30H28ClF3N8OS. The van der Waals surface area contributed by atoms with Gasteiger partial charge in [-0.1, -0.05) is 11.6 Å². The molecule has 44 heavy (non-hydrogen) atoms. The van der Waals surface area contributed by atoms with Crippen molar-refractivity contribution < 1.29 is 17.9 Å². The zero-order chi connectivity index (χ0) is 30.3. The van der Waals surface area contributed by atoms with E-state index < -0.39 is 23.3 Å². The van der Waals surface area contributed by atoms with Crippen LogP contribution < -0.4 is 20.7 Å². The Labute approximate surface area is 259 Å². The van der Waals surface area contributed by atoms with Crippen LogP contribution in [0.1, 0.15) is 37.7 Å². The van der Waals surface area contributed by atoms with Crippen molar-refractivity contribution in [3.8, 4) is 23.3 Å². The lowest BCUT2D eigenvalue weighted by atomic mass is 9.95. The molecule has 4 aliphatic heterocycles. The summed E-state index contributed by atoms with van der Waals surface area (Å²) in [4.78, 5) is 17.9. The Morgan fingerprint density at radius 2 is 1.95 bits per heavy atom. The van der Waals surface area contributed by atoms with Gasteiger partial charge in [0.15, 0.2) is 5.82 Å². The molecular weight excluding hydrogens is 613 g/mol. The van der Waals surface area contributed by atoms with Crippen LogP contribution in [0.5, 0.6) is 6.01 Å². The van der Waals surface area contributed by atoms with Crippen LogP contribution in [0.15, 0.2) is 12.1 Å². The number of nitriles is 1.